The van der Waals surface area contributed by atoms with Crippen molar-refractivity contribution < 1.29 is 0 Å². The highest BCUT2D eigenvalue weighted by atomic mass is 15.2. The van der Waals surface area contributed by atoms with Crippen molar-refractivity contribution in [1.29, 1.82) is 0 Å². The molecule has 1 aromatic heterocycles. The molecule has 0 atom stereocenters. The number of likely N-dealkylation sites (tertiary alicyclic amines) is 1. The van der Waals surface area contributed by atoms with Gasteiger partial charge in [-0.15, -0.1) is 0 Å². The van der Waals surface area contributed by atoms with Crippen LogP contribution in [0, 0.1) is 11.3 Å². The summed E-state index contributed by atoms with van der Waals surface area (Å²) < 4.78 is 2.53. The Hall–Kier alpha value is -1.28. The normalized spacial score (nSPS) is 27.0. The lowest BCUT2D eigenvalue weighted by Crippen LogP contribution is -2.44. The van der Waals surface area contributed by atoms with Crippen molar-refractivity contribution in [2.45, 2.75) is 71.4 Å². The van der Waals surface area contributed by atoms with Crippen LogP contribution in [0.2, 0.25) is 0 Å². The van der Waals surface area contributed by atoms with Crippen molar-refractivity contribution in [3.05, 3.63) is 36.5 Å². The number of aromatic nitrogens is 1. The molecule has 2 heteroatoms. The molecule has 0 radical (unpaired) electrons. The van der Waals surface area contributed by atoms with Crippen molar-refractivity contribution in [3.63, 3.8) is 0 Å². The van der Waals surface area contributed by atoms with E-state index in [4.69, 9.17) is 0 Å². The van der Waals surface area contributed by atoms with Gasteiger partial charge >= 0.3 is 0 Å². The second kappa shape index (κ2) is 6.79. The highest BCUT2D eigenvalue weighted by Crippen LogP contribution is 2.40. The third-order valence-corrected chi connectivity index (χ3v) is 6.96. The molecule has 2 aliphatic rings. The maximum absolute atomic E-state index is 2.81. The number of benzene rings is 1. The van der Waals surface area contributed by atoms with Crippen LogP contribution in [-0.4, -0.2) is 28.6 Å². The van der Waals surface area contributed by atoms with Gasteiger partial charge in [-0.05, 0) is 67.4 Å². The highest BCUT2D eigenvalue weighted by Gasteiger charge is 2.33. The van der Waals surface area contributed by atoms with Crippen LogP contribution < -0.4 is 0 Å². The van der Waals surface area contributed by atoms with E-state index in [2.05, 4.69) is 66.8 Å². The maximum Gasteiger partial charge on any atom is 0.0482 e. The lowest BCUT2D eigenvalue weighted by Gasteiger charge is -2.43. The van der Waals surface area contributed by atoms with E-state index in [0.717, 1.165) is 12.0 Å². The minimum absolute atomic E-state index is 0.493. The van der Waals surface area contributed by atoms with E-state index in [1.165, 1.54) is 62.5 Å². The number of piperidine rings is 1. The summed E-state index contributed by atoms with van der Waals surface area (Å²) in [4.78, 5) is 2.81. The number of hydrogen-bond acceptors (Lipinski definition) is 1. The molecular formula is C23H34N2. The summed E-state index contributed by atoms with van der Waals surface area (Å²) in [5.41, 5.74) is 1.90. The van der Waals surface area contributed by atoms with Crippen molar-refractivity contribution >= 4 is 10.9 Å². The lowest BCUT2D eigenvalue weighted by molar-refractivity contribution is 0.0723. The molecule has 1 aliphatic heterocycles. The number of hydrogen-bond donors (Lipinski definition) is 0. The number of fused-ring (bicyclic) bond motifs is 1. The quantitative estimate of drug-likeness (QED) is 0.663. The fraction of sp³-hybridized carbons (Fsp3) is 0.652. The molecule has 0 amide bonds. The maximum atomic E-state index is 2.81. The SMILES string of the molecule is CC(C)(C)C1CCC(N2CCC(n3ccc4ccccc43)CC2)CC1. The van der Waals surface area contributed by atoms with Gasteiger partial charge in [0.25, 0.3) is 0 Å². The molecule has 2 heterocycles. The van der Waals surface area contributed by atoms with Gasteiger partial charge < -0.3 is 9.47 Å². The Morgan fingerprint density at radius 1 is 0.800 bits per heavy atom. The molecule has 136 valence electrons. The van der Waals surface area contributed by atoms with E-state index in [0.29, 0.717) is 11.5 Å². The van der Waals surface area contributed by atoms with Crippen LogP contribution in [0.3, 0.4) is 0 Å². The van der Waals surface area contributed by atoms with Crippen LogP contribution in [-0.2, 0) is 0 Å². The molecule has 4 rings (SSSR count). The average molecular weight is 339 g/mol. The molecule has 1 saturated carbocycles. The summed E-state index contributed by atoms with van der Waals surface area (Å²) in [5.74, 6) is 0.924. The van der Waals surface area contributed by atoms with Gasteiger partial charge in [0.2, 0.25) is 0 Å². The van der Waals surface area contributed by atoms with Crippen molar-refractivity contribution in [2.75, 3.05) is 13.1 Å². The topological polar surface area (TPSA) is 8.17 Å². The van der Waals surface area contributed by atoms with Crippen LogP contribution in [0.15, 0.2) is 36.5 Å². The van der Waals surface area contributed by atoms with E-state index < -0.39 is 0 Å². The standard InChI is InChI=1S/C23H34N2/c1-23(2,3)19-8-10-20(11-9-19)24-15-13-21(14-16-24)25-17-12-18-6-4-5-7-22(18)25/h4-7,12,17,19-21H,8-11,13-16H2,1-3H3. The van der Waals surface area contributed by atoms with Crippen molar-refractivity contribution in [1.82, 2.24) is 9.47 Å². The summed E-state index contributed by atoms with van der Waals surface area (Å²) in [7, 11) is 0. The third-order valence-electron chi connectivity index (χ3n) is 6.96. The molecular weight excluding hydrogens is 304 g/mol. The molecule has 0 unspecified atom stereocenters. The molecule has 2 nitrogen and oxygen atoms in total. The van der Waals surface area contributed by atoms with Gasteiger partial charge in [-0.1, -0.05) is 39.0 Å². The molecule has 25 heavy (non-hydrogen) atoms. The predicted octanol–water partition coefficient (Wildman–Crippen LogP) is 5.88. The van der Waals surface area contributed by atoms with Gasteiger partial charge in [0.15, 0.2) is 0 Å². The zero-order valence-electron chi connectivity index (χ0n) is 16.2. The number of para-hydroxylation sites is 1. The summed E-state index contributed by atoms with van der Waals surface area (Å²) in [6, 6.07) is 12.6. The Labute approximate surface area is 153 Å². The molecule has 1 aromatic carbocycles. The smallest absolute Gasteiger partial charge is 0.0482 e. The summed E-state index contributed by atoms with van der Waals surface area (Å²) in [5, 5.41) is 1.38. The van der Waals surface area contributed by atoms with Crippen LogP contribution >= 0.6 is 0 Å². The Kier molecular flexibility index (Phi) is 4.66. The first-order valence-electron chi connectivity index (χ1n) is 10.3. The first kappa shape index (κ1) is 17.1. The second-order valence-corrected chi connectivity index (χ2v) is 9.42. The summed E-state index contributed by atoms with van der Waals surface area (Å²) in [6.45, 7) is 9.82. The van der Waals surface area contributed by atoms with Crippen LogP contribution in [0.4, 0.5) is 0 Å². The first-order chi connectivity index (χ1) is 12.0. The summed E-state index contributed by atoms with van der Waals surface area (Å²) in [6.07, 6.45) is 10.6. The highest BCUT2D eigenvalue weighted by molar-refractivity contribution is 5.80. The van der Waals surface area contributed by atoms with Gasteiger partial charge in [-0.2, -0.15) is 0 Å². The molecule has 2 aromatic rings. The van der Waals surface area contributed by atoms with Gasteiger partial charge in [-0.25, -0.2) is 0 Å². The fourth-order valence-corrected chi connectivity index (χ4v) is 5.26. The third kappa shape index (κ3) is 3.51. The largest absolute Gasteiger partial charge is 0.344 e. The van der Waals surface area contributed by atoms with Gasteiger partial charge in [0, 0.05) is 36.9 Å². The van der Waals surface area contributed by atoms with E-state index in [9.17, 15) is 0 Å². The minimum Gasteiger partial charge on any atom is -0.344 e. The lowest BCUT2D eigenvalue weighted by atomic mass is 9.71. The van der Waals surface area contributed by atoms with Crippen molar-refractivity contribution in [2.24, 2.45) is 11.3 Å². The van der Waals surface area contributed by atoms with Gasteiger partial charge in [-0.3, -0.25) is 0 Å². The number of rotatable bonds is 2. The van der Waals surface area contributed by atoms with E-state index in [1.54, 1.807) is 0 Å². The Morgan fingerprint density at radius 3 is 2.16 bits per heavy atom. The molecule has 0 bridgehead atoms. The van der Waals surface area contributed by atoms with E-state index in [-0.39, 0.29) is 0 Å². The monoisotopic (exact) mass is 338 g/mol. The fourth-order valence-electron chi connectivity index (χ4n) is 5.26. The number of nitrogens with zero attached hydrogens (tertiary/aromatic N) is 2. The van der Waals surface area contributed by atoms with Gasteiger partial charge in [0.1, 0.15) is 0 Å². The first-order valence-corrected chi connectivity index (χ1v) is 10.3. The molecule has 1 aliphatic carbocycles. The van der Waals surface area contributed by atoms with Crippen LogP contribution in [0.5, 0.6) is 0 Å². The summed E-state index contributed by atoms with van der Waals surface area (Å²) >= 11 is 0. The molecule has 0 N–H and O–H groups in total. The van der Waals surface area contributed by atoms with E-state index in [1.807, 2.05) is 0 Å². The average Bonchev–Trinajstić information content (AvgIpc) is 3.05. The van der Waals surface area contributed by atoms with Crippen LogP contribution in [0.1, 0.15) is 65.3 Å². The Bertz CT molecular complexity index is 692. The van der Waals surface area contributed by atoms with Gasteiger partial charge in [0.05, 0.1) is 0 Å². The molecule has 0 spiro atoms. The second-order valence-electron chi connectivity index (χ2n) is 9.42. The molecule has 1 saturated heterocycles. The Morgan fingerprint density at radius 2 is 1.48 bits per heavy atom. The zero-order chi connectivity index (χ0) is 17.4. The van der Waals surface area contributed by atoms with E-state index >= 15 is 0 Å². The van der Waals surface area contributed by atoms with Crippen LogP contribution in [0.25, 0.3) is 10.9 Å². The molecule has 2 fully saturated rings. The zero-order valence-corrected chi connectivity index (χ0v) is 16.2. The Balaban J connectivity index is 1.35. The minimum atomic E-state index is 0.493. The van der Waals surface area contributed by atoms with Crippen molar-refractivity contribution in [3.8, 4) is 0 Å². The predicted molar refractivity (Wildman–Crippen MR) is 107 cm³/mol.